The van der Waals surface area contributed by atoms with Crippen molar-refractivity contribution >= 4 is 39.8 Å². The van der Waals surface area contributed by atoms with E-state index >= 15 is 0 Å². The van der Waals surface area contributed by atoms with E-state index < -0.39 is 5.97 Å². The van der Waals surface area contributed by atoms with Crippen molar-refractivity contribution in [2.75, 3.05) is 5.32 Å². The number of esters is 1. The number of aromatic nitrogens is 3. The normalized spacial score (nSPS) is 10.8. The Labute approximate surface area is 189 Å². The Morgan fingerprint density at radius 2 is 1.81 bits per heavy atom. The number of benzene rings is 2. The maximum Gasteiger partial charge on any atom is 0.339 e. The summed E-state index contributed by atoms with van der Waals surface area (Å²) in [7, 11) is 0. The van der Waals surface area contributed by atoms with Gasteiger partial charge in [-0.25, -0.2) is 4.79 Å². The van der Waals surface area contributed by atoms with Gasteiger partial charge in [0, 0.05) is 16.8 Å². The van der Waals surface area contributed by atoms with Crippen LogP contribution in [0.5, 0.6) is 0 Å². The fourth-order valence-electron chi connectivity index (χ4n) is 3.26. The number of rotatable bonds is 6. The molecule has 32 heavy (non-hydrogen) atoms. The lowest BCUT2D eigenvalue weighted by Crippen LogP contribution is -2.11. The minimum atomic E-state index is -0.469. The highest BCUT2D eigenvalue weighted by Crippen LogP contribution is 2.22. The van der Waals surface area contributed by atoms with Crippen molar-refractivity contribution in [1.82, 2.24) is 15.2 Å². The number of amides is 1. The average Bonchev–Trinajstić information content (AvgIpc) is 3.27. The minimum absolute atomic E-state index is 0.0658. The first-order chi connectivity index (χ1) is 15.4. The number of hydrogen-bond acceptors (Lipinski definition) is 7. The van der Waals surface area contributed by atoms with Gasteiger partial charge >= 0.3 is 5.97 Å². The zero-order valence-electron chi connectivity index (χ0n) is 18.0. The van der Waals surface area contributed by atoms with Gasteiger partial charge in [-0.3, -0.25) is 9.78 Å². The lowest BCUT2D eigenvalue weighted by atomic mass is 10.1. The van der Waals surface area contributed by atoms with Crippen molar-refractivity contribution in [2.24, 2.45) is 0 Å². The van der Waals surface area contributed by atoms with Crippen LogP contribution in [-0.4, -0.2) is 27.1 Å². The molecular weight excluding hydrogens is 424 g/mol. The van der Waals surface area contributed by atoms with Crippen molar-refractivity contribution < 1.29 is 14.3 Å². The highest BCUT2D eigenvalue weighted by Gasteiger charge is 2.17. The molecule has 1 N–H and O–H groups in total. The maximum absolute atomic E-state index is 12.8. The topological polar surface area (TPSA) is 94.1 Å². The smallest absolute Gasteiger partial charge is 0.339 e. The van der Waals surface area contributed by atoms with Crippen LogP contribution >= 0.6 is 11.3 Å². The summed E-state index contributed by atoms with van der Waals surface area (Å²) in [5.41, 5.74) is 4.83. The summed E-state index contributed by atoms with van der Waals surface area (Å²) in [5, 5.41) is 12.1. The Balaban J connectivity index is 1.43. The van der Waals surface area contributed by atoms with Crippen LogP contribution in [0.2, 0.25) is 0 Å². The molecule has 4 rings (SSSR count). The zero-order chi connectivity index (χ0) is 22.7. The summed E-state index contributed by atoms with van der Waals surface area (Å²) in [5.74, 6) is -0.820. The Bertz CT molecular complexity index is 1300. The number of nitrogens with zero attached hydrogens (tertiary/aromatic N) is 3. The molecule has 1 amide bonds. The van der Waals surface area contributed by atoms with Crippen LogP contribution in [0, 0.1) is 13.8 Å². The molecule has 0 bridgehead atoms. The number of carbonyl (C=O) groups excluding carboxylic acids is 2. The van der Waals surface area contributed by atoms with Gasteiger partial charge in [0.05, 0.1) is 11.1 Å². The van der Waals surface area contributed by atoms with E-state index in [4.69, 9.17) is 4.74 Å². The standard InChI is InChI=1S/C24H22N4O3S/c1-4-16-6-8-17(9-7-16)26-22(29)23-28-27-21(32-23)13-31-24(30)19-12-15(3)25-20-10-5-14(2)11-18(19)20/h5-12H,4,13H2,1-3H3,(H,26,29). The summed E-state index contributed by atoms with van der Waals surface area (Å²) < 4.78 is 5.46. The highest BCUT2D eigenvalue weighted by atomic mass is 32.1. The van der Waals surface area contributed by atoms with E-state index in [0.29, 0.717) is 16.3 Å². The van der Waals surface area contributed by atoms with Crippen LogP contribution in [0.15, 0.2) is 48.5 Å². The summed E-state index contributed by atoms with van der Waals surface area (Å²) in [6.45, 7) is 5.80. The predicted octanol–water partition coefficient (Wildman–Crippen LogP) is 4.87. The van der Waals surface area contributed by atoms with E-state index in [1.54, 1.807) is 6.07 Å². The number of pyridine rings is 1. The zero-order valence-corrected chi connectivity index (χ0v) is 18.8. The molecule has 0 saturated carbocycles. The molecule has 0 saturated heterocycles. The van der Waals surface area contributed by atoms with Crippen LogP contribution in [0.25, 0.3) is 10.9 Å². The molecule has 0 atom stereocenters. The van der Waals surface area contributed by atoms with Gasteiger partial charge in [-0.2, -0.15) is 0 Å². The summed E-state index contributed by atoms with van der Waals surface area (Å²) in [6, 6.07) is 15.1. The second-order valence-electron chi connectivity index (χ2n) is 7.41. The fourth-order valence-corrected chi connectivity index (χ4v) is 3.91. The Hall–Kier alpha value is -3.65. The Morgan fingerprint density at radius 3 is 2.56 bits per heavy atom. The van der Waals surface area contributed by atoms with Crippen molar-refractivity contribution in [3.8, 4) is 0 Å². The van der Waals surface area contributed by atoms with Crippen LogP contribution in [-0.2, 0) is 17.8 Å². The van der Waals surface area contributed by atoms with Crippen molar-refractivity contribution in [1.29, 1.82) is 0 Å². The number of carbonyl (C=O) groups is 2. The van der Waals surface area contributed by atoms with Gasteiger partial charge in [-0.15, -0.1) is 10.2 Å². The lowest BCUT2D eigenvalue weighted by Gasteiger charge is -2.08. The first kappa shape index (κ1) is 21.6. The second kappa shape index (κ2) is 9.23. The molecule has 0 fully saturated rings. The molecule has 162 valence electrons. The van der Waals surface area contributed by atoms with Gasteiger partial charge in [-0.05, 0) is 56.2 Å². The maximum atomic E-state index is 12.8. The van der Waals surface area contributed by atoms with E-state index in [1.807, 2.05) is 56.3 Å². The SMILES string of the molecule is CCc1ccc(NC(=O)c2nnc(COC(=O)c3cc(C)nc4ccc(C)cc34)s2)cc1. The molecule has 4 aromatic rings. The molecule has 0 unspecified atom stereocenters. The number of aryl methyl sites for hydroxylation is 3. The van der Waals surface area contributed by atoms with E-state index in [2.05, 4.69) is 27.4 Å². The Morgan fingerprint density at radius 1 is 1.03 bits per heavy atom. The summed E-state index contributed by atoms with van der Waals surface area (Å²) in [4.78, 5) is 29.7. The van der Waals surface area contributed by atoms with Crippen LogP contribution in [0.4, 0.5) is 5.69 Å². The van der Waals surface area contributed by atoms with Crippen LogP contribution in [0.1, 0.15) is 48.9 Å². The number of hydrogen-bond donors (Lipinski definition) is 1. The first-order valence-electron chi connectivity index (χ1n) is 10.2. The molecular formula is C24H22N4O3S. The molecule has 0 spiro atoms. The fraction of sp³-hybridized carbons (Fsp3) is 0.208. The number of nitrogens with one attached hydrogen (secondary N) is 1. The quantitative estimate of drug-likeness (QED) is 0.425. The minimum Gasteiger partial charge on any atom is -0.455 e. The molecule has 2 aromatic carbocycles. The molecule has 8 heteroatoms. The van der Waals surface area contributed by atoms with E-state index in [9.17, 15) is 9.59 Å². The Kier molecular flexibility index (Phi) is 6.23. The van der Waals surface area contributed by atoms with Crippen molar-refractivity contribution in [3.05, 3.63) is 80.9 Å². The molecule has 0 aliphatic rings. The summed E-state index contributed by atoms with van der Waals surface area (Å²) in [6.07, 6.45) is 0.932. The van der Waals surface area contributed by atoms with E-state index in [0.717, 1.165) is 39.9 Å². The van der Waals surface area contributed by atoms with Crippen LogP contribution < -0.4 is 5.32 Å². The van der Waals surface area contributed by atoms with Crippen LogP contribution in [0.3, 0.4) is 0 Å². The second-order valence-corrected chi connectivity index (χ2v) is 8.48. The molecule has 0 aliphatic carbocycles. The first-order valence-corrected chi connectivity index (χ1v) is 11.0. The third-order valence-electron chi connectivity index (χ3n) is 4.92. The highest BCUT2D eigenvalue weighted by molar-refractivity contribution is 7.13. The van der Waals surface area contributed by atoms with E-state index in [-0.39, 0.29) is 17.5 Å². The average molecular weight is 447 g/mol. The lowest BCUT2D eigenvalue weighted by molar-refractivity contribution is 0.0473. The van der Waals surface area contributed by atoms with Gasteiger partial charge in [0.25, 0.3) is 5.91 Å². The van der Waals surface area contributed by atoms with Gasteiger partial charge in [0.1, 0.15) is 6.61 Å². The monoisotopic (exact) mass is 446 g/mol. The number of ether oxygens (including phenoxy) is 1. The van der Waals surface area contributed by atoms with Gasteiger partial charge in [0.2, 0.25) is 5.01 Å². The van der Waals surface area contributed by atoms with Crippen molar-refractivity contribution in [2.45, 2.75) is 33.8 Å². The predicted molar refractivity (Wildman–Crippen MR) is 124 cm³/mol. The van der Waals surface area contributed by atoms with E-state index in [1.165, 1.54) is 5.56 Å². The van der Waals surface area contributed by atoms with Gasteiger partial charge in [-0.1, -0.05) is 42.0 Å². The molecule has 2 heterocycles. The van der Waals surface area contributed by atoms with Crippen molar-refractivity contribution in [3.63, 3.8) is 0 Å². The summed E-state index contributed by atoms with van der Waals surface area (Å²) >= 11 is 1.09. The molecule has 2 aromatic heterocycles. The number of anilines is 1. The largest absolute Gasteiger partial charge is 0.455 e. The van der Waals surface area contributed by atoms with Gasteiger partial charge in [0.15, 0.2) is 5.01 Å². The van der Waals surface area contributed by atoms with Gasteiger partial charge < -0.3 is 10.1 Å². The molecule has 0 aliphatic heterocycles. The third kappa shape index (κ3) is 4.81. The number of fused-ring (bicyclic) bond motifs is 1. The molecule has 7 nitrogen and oxygen atoms in total. The third-order valence-corrected chi connectivity index (χ3v) is 5.82. The molecule has 0 radical (unpaired) electrons.